The molecular weight excluding hydrogens is 178 g/mol. The molecular formula is C11H23NO2. The van der Waals surface area contributed by atoms with Crippen LogP contribution in [0.25, 0.3) is 0 Å². The van der Waals surface area contributed by atoms with Crippen LogP contribution in [0.2, 0.25) is 0 Å². The summed E-state index contributed by atoms with van der Waals surface area (Å²) in [5, 5.41) is 22.1. The van der Waals surface area contributed by atoms with E-state index >= 15 is 0 Å². The van der Waals surface area contributed by atoms with E-state index in [-0.39, 0.29) is 24.8 Å². The Morgan fingerprint density at radius 2 is 2.07 bits per heavy atom. The molecule has 1 saturated carbocycles. The van der Waals surface area contributed by atoms with E-state index in [9.17, 15) is 10.2 Å². The summed E-state index contributed by atoms with van der Waals surface area (Å²) < 4.78 is 0. The van der Waals surface area contributed by atoms with E-state index in [0.717, 1.165) is 25.7 Å². The van der Waals surface area contributed by atoms with Crippen LogP contribution in [0, 0.1) is 5.92 Å². The minimum absolute atomic E-state index is 0.146. The van der Waals surface area contributed by atoms with Crippen LogP contribution >= 0.6 is 0 Å². The van der Waals surface area contributed by atoms with Crippen molar-refractivity contribution >= 4 is 0 Å². The quantitative estimate of drug-likeness (QED) is 0.619. The van der Waals surface area contributed by atoms with Crippen LogP contribution in [0.4, 0.5) is 0 Å². The number of rotatable bonds is 5. The van der Waals surface area contributed by atoms with Gasteiger partial charge in [0, 0.05) is 12.1 Å². The number of hydrogen-bond donors (Lipinski definition) is 3. The highest BCUT2D eigenvalue weighted by Crippen LogP contribution is 2.20. The average Bonchev–Trinajstić information content (AvgIpc) is 2.50. The first kappa shape index (κ1) is 12.0. The molecule has 1 unspecified atom stereocenters. The standard InChI is InChI=1S/C11H23NO2/c1-8(2)6-9(7-13)12-10-4-3-5-11(10)14/h8-14H,3-7H2,1-2H3/t9?,10-,11-/m0/s1. The molecule has 0 spiro atoms. The van der Waals surface area contributed by atoms with E-state index < -0.39 is 0 Å². The zero-order chi connectivity index (χ0) is 10.6. The van der Waals surface area contributed by atoms with E-state index in [2.05, 4.69) is 19.2 Å². The SMILES string of the molecule is CC(C)CC(CO)N[C@H]1CCC[C@@H]1O. The summed E-state index contributed by atoms with van der Waals surface area (Å²) in [4.78, 5) is 0. The molecule has 0 aromatic carbocycles. The van der Waals surface area contributed by atoms with Crippen molar-refractivity contribution in [3.8, 4) is 0 Å². The lowest BCUT2D eigenvalue weighted by molar-refractivity contribution is 0.127. The number of aliphatic hydroxyl groups is 2. The molecule has 0 aliphatic heterocycles. The Hall–Kier alpha value is -0.120. The predicted molar refractivity (Wildman–Crippen MR) is 57.1 cm³/mol. The summed E-state index contributed by atoms with van der Waals surface area (Å²) in [7, 11) is 0. The third-order valence-corrected chi connectivity index (χ3v) is 2.91. The van der Waals surface area contributed by atoms with Crippen molar-refractivity contribution in [3.05, 3.63) is 0 Å². The smallest absolute Gasteiger partial charge is 0.0693 e. The summed E-state index contributed by atoms with van der Waals surface area (Å²) in [6.07, 6.45) is 3.79. The lowest BCUT2D eigenvalue weighted by atomic mass is 10.0. The Morgan fingerprint density at radius 3 is 2.50 bits per heavy atom. The summed E-state index contributed by atoms with van der Waals surface area (Å²) in [5.74, 6) is 0.582. The van der Waals surface area contributed by atoms with E-state index in [1.807, 2.05) is 0 Å². The monoisotopic (exact) mass is 201 g/mol. The summed E-state index contributed by atoms with van der Waals surface area (Å²) >= 11 is 0. The Balaban J connectivity index is 2.31. The molecule has 1 aliphatic carbocycles. The van der Waals surface area contributed by atoms with Gasteiger partial charge in [0.1, 0.15) is 0 Å². The zero-order valence-corrected chi connectivity index (χ0v) is 9.24. The Morgan fingerprint density at radius 1 is 1.36 bits per heavy atom. The van der Waals surface area contributed by atoms with Crippen molar-refractivity contribution in [3.63, 3.8) is 0 Å². The van der Waals surface area contributed by atoms with E-state index in [0.29, 0.717) is 5.92 Å². The molecule has 0 saturated heterocycles. The molecule has 3 atom stereocenters. The van der Waals surface area contributed by atoms with Gasteiger partial charge in [0.2, 0.25) is 0 Å². The molecule has 0 bridgehead atoms. The first-order valence-electron chi connectivity index (χ1n) is 5.68. The fraction of sp³-hybridized carbons (Fsp3) is 1.00. The highest BCUT2D eigenvalue weighted by Gasteiger charge is 2.27. The van der Waals surface area contributed by atoms with E-state index in [1.165, 1.54) is 0 Å². The minimum atomic E-state index is -0.212. The number of nitrogens with one attached hydrogen (secondary N) is 1. The largest absolute Gasteiger partial charge is 0.395 e. The third-order valence-electron chi connectivity index (χ3n) is 2.91. The second-order valence-electron chi connectivity index (χ2n) is 4.78. The molecule has 1 fully saturated rings. The van der Waals surface area contributed by atoms with Gasteiger partial charge in [-0.25, -0.2) is 0 Å². The Bertz CT molecular complexity index is 161. The molecule has 0 amide bonds. The minimum Gasteiger partial charge on any atom is -0.395 e. The highest BCUT2D eigenvalue weighted by molar-refractivity contribution is 4.85. The maximum atomic E-state index is 9.62. The van der Waals surface area contributed by atoms with Crippen LogP contribution in [-0.2, 0) is 0 Å². The fourth-order valence-corrected chi connectivity index (χ4v) is 2.20. The van der Waals surface area contributed by atoms with Crippen LogP contribution in [0.5, 0.6) is 0 Å². The van der Waals surface area contributed by atoms with Crippen molar-refractivity contribution in [2.75, 3.05) is 6.61 Å². The molecule has 0 radical (unpaired) electrons. The van der Waals surface area contributed by atoms with Crippen molar-refractivity contribution < 1.29 is 10.2 Å². The Labute approximate surface area is 86.5 Å². The summed E-state index contributed by atoms with van der Waals surface area (Å²) in [6.45, 7) is 4.46. The van der Waals surface area contributed by atoms with Crippen LogP contribution in [0.1, 0.15) is 39.5 Å². The maximum Gasteiger partial charge on any atom is 0.0693 e. The lowest BCUT2D eigenvalue weighted by Gasteiger charge is -2.24. The maximum absolute atomic E-state index is 9.62. The molecule has 0 aromatic rings. The predicted octanol–water partition coefficient (Wildman–Crippen LogP) is 0.896. The van der Waals surface area contributed by atoms with Gasteiger partial charge in [0.15, 0.2) is 0 Å². The van der Waals surface area contributed by atoms with Gasteiger partial charge >= 0.3 is 0 Å². The summed E-state index contributed by atoms with van der Waals surface area (Å²) in [6, 6.07) is 0.346. The molecule has 1 rings (SSSR count). The van der Waals surface area contributed by atoms with E-state index in [4.69, 9.17) is 0 Å². The van der Waals surface area contributed by atoms with Crippen LogP contribution in [0.3, 0.4) is 0 Å². The molecule has 3 N–H and O–H groups in total. The van der Waals surface area contributed by atoms with Gasteiger partial charge < -0.3 is 15.5 Å². The second-order valence-corrected chi connectivity index (χ2v) is 4.78. The van der Waals surface area contributed by atoms with Gasteiger partial charge in [-0.1, -0.05) is 13.8 Å². The highest BCUT2D eigenvalue weighted by atomic mass is 16.3. The topological polar surface area (TPSA) is 52.5 Å². The molecule has 14 heavy (non-hydrogen) atoms. The van der Waals surface area contributed by atoms with Crippen molar-refractivity contribution in [2.24, 2.45) is 5.92 Å². The van der Waals surface area contributed by atoms with Gasteiger partial charge in [-0.15, -0.1) is 0 Å². The van der Waals surface area contributed by atoms with Gasteiger partial charge in [0.05, 0.1) is 12.7 Å². The molecule has 3 nitrogen and oxygen atoms in total. The third kappa shape index (κ3) is 3.56. The summed E-state index contributed by atoms with van der Waals surface area (Å²) in [5.41, 5.74) is 0. The van der Waals surface area contributed by atoms with Gasteiger partial charge in [-0.05, 0) is 31.6 Å². The lowest BCUT2D eigenvalue weighted by Crippen LogP contribution is -2.44. The van der Waals surface area contributed by atoms with Crippen molar-refractivity contribution in [1.29, 1.82) is 0 Å². The average molecular weight is 201 g/mol. The normalized spacial score (nSPS) is 29.8. The van der Waals surface area contributed by atoms with E-state index in [1.54, 1.807) is 0 Å². The van der Waals surface area contributed by atoms with Gasteiger partial charge in [-0.3, -0.25) is 0 Å². The van der Waals surface area contributed by atoms with Crippen molar-refractivity contribution in [2.45, 2.75) is 57.7 Å². The van der Waals surface area contributed by atoms with Crippen molar-refractivity contribution in [1.82, 2.24) is 5.32 Å². The fourth-order valence-electron chi connectivity index (χ4n) is 2.20. The molecule has 0 aromatic heterocycles. The first-order chi connectivity index (χ1) is 6.63. The van der Waals surface area contributed by atoms with Crippen LogP contribution in [-0.4, -0.2) is 35.0 Å². The second kappa shape index (κ2) is 5.69. The first-order valence-corrected chi connectivity index (χ1v) is 5.68. The molecule has 3 heteroatoms. The molecule has 1 aliphatic rings. The number of aliphatic hydroxyl groups excluding tert-OH is 2. The zero-order valence-electron chi connectivity index (χ0n) is 9.24. The van der Waals surface area contributed by atoms with Crippen LogP contribution in [0.15, 0.2) is 0 Å². The van der Waals surface area contributed by atoms with Crippen LogP contribution < -0.4 is 5.32 Å². The molecule has 0 heterocycles. The molecule has 84 valence electrons. The van der Waals surface area contributed by atoms with Gasteiger partial charge in [0.25, 0.3) is 0 Å². The number of hydrogen-bond acceptors (Lipinski definition) is 3. The van der Waals surface area contributed by atoms with Gasteiger partial charge in [-0.2, -0.15) is 0 Å². The Kier molecular flexibility index (Phi) is 4.85.